The molecule has 0 unspecified atom stereocenters. The van der Waals surface area contributed by atoms with E-state index in [1.165, 1.54) is 4.31 Å². The maximum Gasteiger partial charge on any atom is 0.225 e. The molecule has 1 rings (SSSR count). The number of rotatable bonds is 4. The Morgan fingerprint density at radius 1 is 1.29 bits per heavy atom. The van der Waals surface area contributed by atoms with Gasteiger partial charge in [-0.3, -0.25) is 4.31 Å². The van der Waals surface area contributed by atoms with Gasteiger partial charge in [0.25, 0.3) is 0 Å². The molecule has 0 aliphatic carbocycles. The molecule has 0 amide bonds. The van der Waals surface area contributed by atoms with Gasteiger partial charge in [0.15, 0.2) is 0 Å². The highest BCUT2D eigenvalue weighted by atomic mass is 32.2. The van der Waals surface area contributed by atoms with Crippen molar-refractivity contribution in [3.63, 3.8) is 0 Å². The lowest BCUT2D eigenvalue weighted by Gasteiger charge is -2.16. The van der Waals surface area contributed by atoms with Crippen molar-refractivity contribution < 1.29 is 8.42 Å². The molecule has 0 saturated heterocycles. The number of aryl methyl sites for hydroxylation is 1. The van der Waals surface area contributed by atoms with Gasteiger partial charge in [0.2, 0.25) is 10.9 Å². The van der Waals surface area contributed by atoms with Gasteiger partial charge in [0, 0.05) is 6.54 Å². The summed E-state index contributed by atoms with van der Waals surface area (Å²) in [5.41, 5.74) is 1.82. The number of hydrogen-bond acceptors (Lipinski definition) is 2. The molecule has 0 aliphatic heterocycles. The molecule has 0 aromatic heterocycles. The lowest BCUT2D eigenvalue weighted by Crippen LogP contribution is -2.21. The fourth-order valence-corrected chi connectivity index (χ4v) is 1.80. The first-order valence-electron chi connectivity index (χ1n) is 4.43. The molecule has 0 heterocycles. The van der Waals surface area contributed by atoms with E-state index in [0.717, 1.165) is 5.56 Å². The minimum Gasteiger partial charge on any atom is -0.272 e. The van der Waals surface area contributed by atoms with Crippen LogP contribution in [0.25, 0.3) is 0 Å². The molecular weight excluding hydrogens is 198 g/mol. The second-order valence-electron chi connectivity index (χ2n) is 3.05. The van der Waals surface area contributed by atoms with Crippen LogP contribution in [0, 0.1) is 13.8 Å². The van der Waals surface area contributed by atoms with Gasteiger partial charge in [-0.2, -0.15) is 0 Å². The molecule has 0 saturated carbocycles. The van der Waals surface area contributed by atoms with Gasteiger partial charge < -0.3 is 0 Å². The molecule has 77 valence electrons. The van der Waals surface area contributed by atoms with Crippen molar-refractivity contribution >= 4 is 16.6 Å². The Hall–Kier alpha value is -1.03. The van der Waals surface area contributed by atoms with Gasteiger partial charge in [0.1, 0.15) is 0 Å². The molecule has 1 aromatic carbocycles. The standard InChI is InChI=1S/C10H14NO2S/c1-3-8-11(14(12)13)10-6-4-9(2)5-7-10/h4-7,14H,1,3,8H2,2H3. The minimum atomic E-state index is -2.56. The Morgan fingerprint density at radius 2 is 1.86 bits per heavy atom. The predicted molar refractivity (Wildman–Crippen MR) is 58.8 cm³/mol. The van der Waals surface area contributed by atoms with Gasteiger partial charge in [-0.05, 0) is 25.5 Å². The summed E-state index contributed by atoms with van der Waals surface area (Å²) in [7, 11) is -2.56. The Bertz CT molecular complexity index is 349. The van der Waals surface area contributed by atoms with Crippen LogP contribution in [0.1, 0.15) is 12.0 Å². The second-order valence-corrected chi connectivity index (χ2v) is 4.01. The first-order chi connectivity index (χ1) is 6.65. The van der Waals surface area contributed by atoms with Gasteiger partial charge in [-0.15, -0.1) is 0 Å². The van der Waals surface area contributed by atoms with Crippen molar-refractivity contribution in [3.8, 4) is 0 Å². The van der Waals surface area contributed by atoms with Gasteiger partial charge in [-0.25, -0.2) is 8.42 Å². The highest BCUT2D eigenvalue weighted by molar-refractivity contribution is 7.74. The van der Waals surface area contributed by atoms with Crippen molar-refractivity contribution in [2.24, 2.45) is 0 Å². The summed E-state index contributed by atoms with van der Waals surface area (Å²) < 4.78 is 23.2. The Kier molecular flexibility index (Phi) is 3.95. The van der Waals surface area contributed by atoms with Crippen LogP contribution >= 0.6 is 0 Å². The van der Waals surface area contributed by atoms with E-state index in [1.54, 1.807) is 12.1 Å². The largest absolute Gasteiger partial charge is 0.272 e. The van der Waals surface area contributed by atoms with Crippen molar-refractivity contribution in [1.29, 1.82) is 0 Å². The lowest BCUT2D eigenvalue weighted by molar-refractivity contribution is 0.610. The molecule has 0 aliphatic rings. The third-order valence-electron chi connectivity index (χ3n) is 1.90. The summed E-state index contributed by atoms with van der Waals surface area (Å²) in [4.78, 5) is 0. The minimum absolute atomic E-state index is 0.432. The summed E-state index contributed by atoms with van der Waals surface area (Å²) in [6.45, 7) is 6.04. The van der Waals surface area contributed by atoms with Gasteiger partial charge >= 0.3 is 0 Å². The van der Waals surface area contributed by atoms with Crippen LogP contribution in [0.15, 0.2) is 24.3 Å². The van der Waals surface area contributed by atoms with Crippen LogP contribution in [0.3, 0.4) is 0 Å². The monoisotopic (exact) mass is 212 g/mol. The molecule has 0 fully saturated rings. The summed E-state index contributed by atoms with van der Waals surface area (Å²) >= 11 is 0. The van der Waals surface area contributed by atoms with Crippen LogP contribution in [-0.4, -0.2) is 15.0 Å². The Balaban J connectivity index is 2.93. The highest BCUT2D eigenvalue weighted by Crippen LogP contribution is 2.15. The van der Waals surface area contributed by atoms with Gasteiger partial charge in [0.05, 0.1) is 5.69 Å². The zero-order chi connectivity index (χ0) is 10.6. The first-order valence-corrected chi connectivity index (χ1v) is 5.56. The van der Waals surface area contributed by atoms with Crippen molar-refractivity contribution in [1.82, 2.24) is 0 Å². The van der Waals surface area contributed by atoms with Crippen molar-refractivity contribution in [2.45, 2.75) is 13.3 Å². The van der Waals surface area contributed by atoms with E-state index in [0.29, 0.717) is 18.7 Å². The molecule has 0 N–H and O–H groups in total. The Morgan fingerprint density at radius 3 is 2.29 bits per heavy atom. The molecular formula is C10H14NO2S. The molecule has 3 nitrogen and oxygen atoms in total. The number of hydrogen-bond donors (Lipinski definition) is 1. The highest BCUT2D eigenvalue weighted by Gasteiger charge is 2.05. The average molecular weight is 212 g/mol. The Labute approximate surface area is 86.4 Å². The van der Waals surface area contributed by atoms with Crippen LogP contribution in [-0.2, 0) is 10.9 Å². The summed E-state index contributed by atoms with van der Waals surface area (Å²) in [6.07, 6.45) is 0.567. The predicted octanol–water partition coefficient (Wildman–Crippen LogP) is 1.55. The second kappa shape index (κ2) is 5.00. The van der Waals surface area contributed by atoms with Crippen LogP contribution < -0.4 is 4.31 Å². The average Bonchev–Trinajstić information content (AvgIpc) is 2.15. The summed E-state index contributed by atoms with van der Waals surface area (Å²) in [6, 6.07) is 7.39. The normalized spacial score (nSPS) is 10.5. The topological polar surface area (TPSA) is 37.4 Å². The van der Waals surface area contributed by atoms with Gasteiger partial charge in [-0.1, -0.05) is 24.6 Å². The van der Waals surface area contributed by atoms with Crippen LogP contribution in [0.2, 0.25) is 0 Å². The maximum atomic E-state index is 10.9. The molecule has 1 radical (unpaired) electrons. The molecule has 0 atom stereocenters. The molecule has 14 heavy (non-hydrogen) atoms. The zero-order valence-corrected chi connectivity index (χ0v) is 9.04. The van der Waals surface area contributed by atoms with E-state index < -0.39 is 10.9 Å². The first kappa shape index (κ1) is 11.0. The number of anilines is 1. The smallest absolute Gasteiger partial charge is 0.225 e. The fourth-order valence-electron chi connectivity index (χ4n) is 1.17. The van der Waals surface area contributed by atoms with E-state index in [4.69, 9.17) is 0 Å². The molecule has 0 spiro atoms. The number of thiol groups is 1. The van der Waals surface area contributed by atoms with Crippen LogP contribution in [0.5, 0.6) is 0 Å². The summed E-state index contributed by atoms with van der Waals surface area (Å²) in [5.74, 6) is 0. The third-order valence-corrected chi connectivity index (χ3v) is 2.72. The van der Waals surface area contributed by atoms with Crippen molar-refractivity contribution in [2.75, 3.05) is 10.8 Å². The third kappa shape index (κ3) is 2.73. The SMILES string of the molecule is [CH2]CCN(c1ccc(C)cc1)[SH](=O)=O. The quantitative estimate of drug-likeness (QED) is 0.769. The number of benzene rings is 1. The van der Waals surface area contributed by atoms with E-state index in [9.17, 15) is 8.42 Å². The van der Waals surface area contributed by atoms with E-state index in [2.05, 4.69) is 6.92 Å². The van der Waals surface area contributed by atoms with Crippen LogP contribution in [0.4, 0.5) is 5.69 Å². The number of nitrogens with zero attached hydrogens (tertiary/aromatic N) is 1. The molecule has 4 heteroatoms. The van der Waals surface area contributed by atoms with E-state index in [1.807, 2.05) is 19.1 Å². The zero-order valence-electron chi connectivity index (χ0n) is 8.14. The lowest BCUT2D eigenvalue weighted by atomic mass is 10.2. The summed E-state index contributed by atoms with van der Waals surface area (Å²) in [5, 5.41) is 0. The fraction of sp³-hybridized carbons (Fsp3) is 0.300. The van der Waals surface area contributed by atoms with E-state index >= 15 is 0 Å². The van der Waals surface area contributed by atoms with Crippen molar-refractivity contribution in [3.05, 3.63) is 36.8 Å². The molecule has 0 bridgehead atoms. The maximum absolute atomic E-state index is 10.9. The van der Waals surface area contributed by atoms with E-state index in [-0.39, 0.29) is 0 Å². The molecule has 1 aromatic rings.